The molecule has 0 aromatic heterocycles. The highest BCUT2D eigenvalue weighted by molar-refractivity contribution is 6.23. The van der Waals surface area contributed by atoms with E-state index < -0.39 is 0 Å². The lowest BCUT2D eigenvalue weighted by molar-refractivity contribution is 0.410. The molecule has 2 rings (SSSR count). The Morgan fingerprint density at radius 2 is 1.29 bits per heavy atom. The van der Waals surface area contributed by atoms with E-state index >= 15 is 0 Å². The Morgan fingerprint density at radius 1 is 0.810 bits per heavy atom. The van der Waals surface area contributed by atoms with Crippen molar-refractivity contribution in [3.63, 3.8) is 0 Å². The van der Waals surface area contributed by atoms with Gasteiger partial charge < -0.3 is 4.74 Å². The highest BCUT2D eigenvalue weighted by Gasteiger charge is 2.22. The Morgan fingerprint density at radius 3 is 1.81 bits per heavy atom. The summed E-state index contributed by atoms with van der Waals surface area (Å²) in [6.45, 7) is 10.9. The maximum Gasteiger partial charge on any atom is 0.123 e. The Labute approximate surface area is 132 Å². The molecule has 0 heterocycles. The van der Waals surface area contributed by atoms with E-state index in [-0.39, 0.29) is 5.38 Å². The van der Waals surface area contributed by atoms with Crippen molar-refractivity contribution in [3.05, 3.63) is 63.2 Å². The lowest BCUT2D eigenvalue weighted by Gasteiger charge is -2.23. The summed E-state index contributed by atoms with van der Waals surface area (Å²) in [5.74, 6) is 0.840. The molecule has 0 saturated carbocycles. The largest absolute Gasteiger partial charge is 0.496 e. The molecule has 0 bridgehead atoms. The molecule has 1 unspecified atom stereocenters. The van der Waals surface area contributed by atoms with Gasteiger partial charge in [-0.1, -0.05) is 18.2 Å². The monoisotopic (exact) mass is 302 g/mol. The molecule has 0 amide bonds. The Hall–Kier alpha value is -1.47. The fraction of sp³-hybridized carbons (Fsp3) is 0.368. The number of halogens is 1. The minimum absolute atomic E-state index is 0.195. The fourth-order valence-corrected chi connectivity index (χ4v) is 3.45. The highest BCUT2D eigenvalue weighted by atomic mass is 35.5. The summed E-state index contributed by atoms with van der Waals surface area (Å²) in [6.07, 6.45) is 0. The van der Waals surface area contributed by atoms with Crippen LogP contribution in [0, 0.1) is 34.6 Å². The quantitative estimate of drug-likeness (QED) is 0.674. The molecule has 2 aromatic carbocycles. The molecule has 112 valence electrons. The molecule has 0 saturated heterocycles. The molecule has 2 aromatic rings. The van der Waals surface area contributed by atoms with Crippen LogP contribution in [-0.4, -0.2) is 7.11 Å². The van der Waals surface area contributed by atoms with Gasteiger partial charge in [0.25, 0.3) is 0 Å². The zero-order valence-corrected chi connectivity index (χ0v) is 14.4. The molecule has 1 nitrogen and oxygen atoms in total. The number of ether oxygens (including phenoxy) is 1. The summed E-state index contributed by atoms with van der Waals surface area (Å²) in [4.78, 5) is 0. The van der Waals surface area contributed by atoms with E-state index in [1.807, 2.05) is 24.3 Å². The van der Waals surface area contributed by atoms with Crippen molar-refractivity contribution in [3.8, 4) is 5.75 Å². The van der Waals surface area contributed by atoms with Gasteiger partial charge in [0.15, 0.2) is 0 Å². The van der Waals surface area contributed by atoms with Gasteiger partial charge in [0.1, 0.15) is 5.75 Å². The van der Waals surface area contributed by atoms with Crippen molar-refractivity contribution in [1.29, 1.82) is 0 Å². The molecule has 0 aliphatic carbocycles. The number of rotatable bonds is 3. The summed E-state index contributed by atoms with van der Waals surface area (Å²) in [7, 11) is 1.69. The predicted molar refractivity (Wildman–Crippen MR) is 90.8 cm³/mol. The number of para-hydroxylation sites is 1. The number of alkyl halides is 1. The normalized spacial score (nSPS) is 12.3. The lowest BCUT2D eigenvalue weighted by atomic mass is 9.86. The van der Waals surface area contributed by atoms with E-state index in [1.165, 1.54) is 33.4 Å². The maximum absolute atomic E-state index is 6.84. The van der Waals surface area contributed by atoms with Gasteiger partial charge in [-0.2, -0.15) is 0 Å². The third-order valence-corrected chi connectivity index (χ3v) is 5.18. The first-order chi connectivity index (χ1) is 9.90. The van der Waals surface area contributed by atoms with Crippen LogP contribution in [0.5, 0.6) is 5.75 Å². The molecular formula is C19H23ClO. The van der Waals surface area contributed by atoms with Gasteiger partial charge in [0.2, 0.25) is 0 Å². The second-order valence-corrected chi connectivity index (χ2v) is 6.08. The van der Waals surface area contributed by atoms with Crippen molar-refractivity contribution in [2.45, 2.75) is 40.0 Å². The zero-order chi connectivity index (χ0) is 15.7. The summed E-state index contributed by atoms with van der Waals surface area (Å²) in [5, 5.41) is -0.195. The van der Waals surface area contributed by atoms with Crippen LogP contribution in [0.2, 0.25) is 0 Å². The smallest absolute Gasteiger partial charge is 0.123 e. The standard InChI is InChI=1S/C19H23ClO/c1-11-12(2)14(4)18(15(5)13(11)3)19(20)16-9-7-8-10-17(16)21-6/h7-10,19H,1-6H3. The first kappa shape index (κ1) is 15.9. The summed E-state index contributed by atoms with van der Waals surface area (Å²) < 4.78 is 5.47. The van der Waals surface area contributed by atoms with Gasteiger partial charge in [-0.25, -0.2) is 0 Å². The molecule has 0 spiro atoms. The van der Waals surface area contributed by atoms with Crippen LogP contribution in [0.25, 0.3) is 0 Å². The molecule has 0 fully saturated rings. The van der Waals surface area contributed by atoms with Gasteiger partial charge >= 0.3 is 0 Å². The van der Waals surface area contributed by atoms with Crippen molar-refractivity contribution < 1.29 is 4.74 Å². The third-order valence-electron chi connectivity index (χ3n) is 4.72. The molecular weight excluding hydrogens is 280 g/mol. The average Bonchev–Trinajstić information content (AvgIpc) is 2.51. The van der Waals surface area contributed by atoms with E-state index in [4.69, 9.17) is 16.3 Å². The second-order valence-electron chi connectivity index (χ2n) is 5.64. The number of hydrogen-bond acceptors (Lipinski definition) is 1. The summed E-state index contributed by atoms with van der Waals surface area (Å²) in [6, 6.07) is 7.98. The molecule has 2 heteroatoms. The number of hydrogen-bond donors (Lipinski definition) is 0. The topological polar surface area (TPSA) is 9.23 Å². The minimum Gasteiger partial charge on any atom is -0.496 e. The summed E-state index contributed by atoms with van der Waals surface area (Å²) in [5.41, 5.74) is 8.81. The molecule has 0 aliphatic heterocycles. The van der Waals surface area contributed by atoms with Crippen LogP contribution < -0.4 is 4.74 Å². The third kappa shape index (κ3) is 2.67. The Bertz CT molecular complexity index is 645. The van der Waals surface area contributed by atoms with Crippen LogP contribution in [0.15, 0.2) is 24.3 Å². The van der Waals surface area contributed by atoms with Gasteiger partial charge in [-0.3, -0.25) is 0 Å². The highest BCUT2D eigenvalue weighted by Crippen LogP contribution is 2.40. The molecule has 0 aliphatic rings. The average molecular weight is 303 g/mol. The molecule has 21 heavy (non-hydrogen) atoms. The number of methoxy groups -OCH3 is 1. The van der Waals surface area contributed by atoms with Crippen molar-refractivity contribution in [2.24, 2.45) is 0 Å². The second kappa shape index (κ2) is 6.11. The Balaban J connectivity index is 2.67. The van der Waals surface area contributed by atoms with Crippen LogP contribution in [0.1, 0.15) is 44.3 Å². The van der Waals surface area contributed by atoms with Gasteiger partial charge in [-0.15, -0.1) is 11.6 Å². The molecule has 1 atom stereocenters. The van der Waals surface area contributed by atoms with Gasteiger partial charge in [0, 0.05) is 5.56 Å². The summed E-state index contributed by atoms with van der Waals surface area (Å²) >= 11 is 6.84. The van der Waals surface area contributed by atoms with E-state index in [9.17, 15) is 0 Å². The number of benzene rings is 2. The predicted octanol–water partition coefficient (Wildman–Crippen LogP) is 5.57. The fourth-order valence-electron chi connectivity index (χ4n) is 2.94. The van der Waals surface area contributed by atoms with E-state index in [0.717, 1.165) is 11.3 Å². The molecule has 0 N–H and O–H groups in total. The van der Waals surface area contributed by atoms with Crippen molar-refractivity contribution in [2.75, 3.05) is 7.11 Å². The Kier molecular flexibility index (Phi) is 4.63. The van der Waals surface area contributed by atoms with Crippen LogP contribution >= 0.6 is 11.6 Å². The first-order valence-corrected chi connectivity index (χ1v) is 7.67. The van der Waals surface area contributed by atoms with Crippen LogP contribution in [0.4, 0.5) is 0 Å². The minimum atomic E-state index is -0.195. The van der Waals surface area contributed by atoms with Crippen molar-refractivity contribution >= 4 is 11.6 Å². The van der Waals surface area contributed by atoms with Gasteiger partial charge in [-0.05, 0) is 74.1 Å². The zero-order valence-electron chi connectivity index (χ0n) is 13.7. The van der Waals surface area contributed by atoms with E-state index in [0.29, 0.717) is 0 Å². The molecule has 0 radical (unpaired) electrons. The van der Waals surface area contributed by atoms with Gasteiger partial charge in [0.05, 0.1) is 12.5 Å². The van der Waals surface area contributed by atoms with Crippen LogP contribution in [0.3, 0.4) is 0 Å². The van der Waals surface area contributed by atoms with E-state index in [1.54, 1.807) is 7.11 Å². The SMILES string of the molecule is COc1ccccc1C(Cl)c1c(C)c(C)c(C)c(C)c1C. The van der Waals surface area contributed by atoms with Crippen molar-refractivity contribution in [1.82, 2.24) is 0 Å². The lowest BCUT2D eigenvalue weighted by Crippen LogP contribution is -2.07. The van der Waals surface area contributed by atoms with Crippen LogP contribution in [-0.2, 0) is 0 Å². The van der Waals surface area contributed by atoms with E-state index in [2.05, 4.69) is 34.6 Å². The maximum atomic E-state index is 6.84. The first-order valence-electron chi connectivity index (χ1n) is 7.24.